The predicted molar refractivity (Wildman–Crippen MR) is 144 cm³/mol. The summed E-state index contributed by atoms with van der Waals surface area (Å²) in [7, 11) is 1.60. The Morgan fingerprint density at radius 1 is 0.919 bits per heavy atom. The molecule has 1 fully saturated rings. The van der Waals surface area contributed by atoms with Crippen LogP contribution >= 0.6 is 0 Å². The molecule has 0 aliphatic carbocycles. The molecular weight excluding hydrogens is 471 g/mol. The lowest BCUT2D eigenvalue weighted by atomic mass is 10.0. The van der Waals surface area contributed by atoms with Gasteiger partial charge in [-0.25, -0.2) is 0 Å². The van der Waals surface area contributed by atoms with Crippen molar-refractivity contribution >= 4 is 11.7 Å². The Hall–Kier alpha value is -2.93. The summed E-state index contributed by atoms with van der Waals surface area (Å²) in [6, 6.07) is 15.1. The van der Waals surface area contributed by atoms with Crippen LogP contribution in [-0.2, 0) is 11.2 Å². The van der Waals surface area contributed by atoms with E-state index in [2.05, 4.69) is 10.2 Å². The van der Waals surface area contributed by atoms with Gasteiger partial charge in [0.1, 0.15) is 11.5 Å². The van der Waals surface area contributed by atoms with Gasteiger partial charge in [0, 0.05) is 31.0 Å². The first-order chi connectivity index (χ1) is 18.1. The lowest BCUT2D eigenvalue weighted by Gasteiger charge is -2.25. The van der Waals surface area contributed by atoms with E-state index in [0.29, 0.717) is 50.7 Å². The topological polar surface area (TPSA) is 67.9 Å². The van der Waals surface area contributed by atoms with Crippen molar-refractivity contribution in [1.82, 2.24) is 10.2 Å². The molecule has 1 saturated heterocycles. The zero-order valence-electron chi connectivity index (χ0n) is 22.1. The summed E-state index contributed by atoms with van der Waals surface area (Å²) in [5, 5.41) is 3.24. The van der Waals surface area contributed by atoms with Crippen molar-refractivity contribution in [3.63, 3.8) is 0 Å². The van der Waals surface area contributed by atoms with Crippen LogP contribution in [0.15, 0.2) is 48.5 Å². The molecule has 1 aliphatic rings. The van der Waals surface area contributed by atoms with Crippen molar-refractivity contribution < 1.29 is 23.5 Å². The van der Waals surface area contributed by atoms with Crippen LogP contribution in [0, 0.1) is 0 Å². The van der Waals surface area contributed by atoms with Gasteiger partial charge in [-0.15, -0.1) is 0 Å². The number of rotatable bonds is 17. The van der Waals surface area contributed by atoms with Crippen LogP contribution < -0.4 is 14.8 Å². The second-order valence-corrected chi connectivity index (χ2v) is 9.72. The van der Waals surface area contributed by atoms with Crippen molar-refractivity contribution in [3.05, 3.63) is 59.7 Å². The molecule has 0 spiro atoms. The molecule has 3 rings (SSSR count). The maximum atomic E-state index is 12.8. The van der Waals surface area contributed by atoms with E-state index in [1.165, 1.54) is 12.8 Å². The average molecular weight is 513 g/mol. The number of halogens is 1. The normalized spacial score (nSPS) is 14.3. The average Bonchev–Trinajstić information content (AvgIpc) is 3.43. The van der Waals surface area contributed by atoms with E-state index in [9.17, 15) is 14.0 Å². The second kappa shape index (κ2) is 16.0. The Morgan fingerprint density at radius 3 is 2.27 bits per heavy atom. The lowest BCUT2D eigenvalue weighted by molar-refractivity contribution is -0.122. The fraction of sp³-hybridized carbons (Fsp3) is 0.533. The highest BCUT2D eigenvalue weighted by atomic mass is 19.1. The van der Waals surface area contributed by atoms with Gasteiger partial charge in [0.05, 0.1) is 20.4 Å². The number of nitrogens with zero attached hydrogens (tertiary/aromatic N) is 1. The summed E-state index contributed by atoms with van der Waals surface area (Å²) in [5.74, 6) is 1.64. The van der Waals surface area contributed by atoms with E-state index < -0.39 is 0 Å². The molecule has 1 N–H and O–H groups in total. The standard InChI is InChI=1S/C30H41FN2O4/c1-36-27-16-12-25(13-17-27)29(34)8-2-3-9-30(35)32-26(23-33-19-5-6-20-33)22-24-10-14-28(15-11-24)37-21-7-4-18-31/h10-17,26H,2-9,18-23H2,1H3,(H,32,35)/t26-/m0/s1. The van der Waals surface area contributed by atoms with Crippen LogP contribution in [0.1, 0.15) is 67.3 Å². The number of alkyl halides is 1. The molecule has 0 radical (unpaired) electrons. The molecule has 6 nitrogen and oxygen atoms in total. The third kappa shape index (κ3) is 10.5. The van der Waals surface area contributed by atoms with Gasteiger partial charge in [0.15, 0.2) is 5.78 Å². The van der Waals surface area contributed by atoms with Gasteiger partial charge in [0.25, 0.3) is 0 Å². The third-order valence-electron chi connectivity index (χ3n) is 6.71. The molecule has 2 aromatic rings. The van der Waals surface area contributed by atoms with Gasteiger partial charge in [0.2, 0.25) is 5.91 Å². The van der Waals surface area contributed by atoms with Gasteiger partial charge >= 0.3 is 0 Å². The Labute approximate surface area is 220 Å². The number of unbranched alkanes of at least 4 members (excludes halogenated alkanes) is 2. The van der Waals surface area contributed by atoms with Crippen LogP contribution in [0.2, 0.25) is 0 Å². The molecule has 0 aromatic heterocycles. The summed E-state index contributed by atoms with van der Waals surface area (Å²) in [6.07, 6.45) is 6.60. The van der Waals surface area contributed by atoms with Crippen molar-refractivity contribution in [2.45, 2.75) is 63.8 Å². The summed E-state index contributed by atoms with van der Waals surface area (Å²) in [4.78, 5) is 27.6. The molecule has 1 amide bonds. The molecule has 0 saturated carbocycles. The van der Waals surface area contributed by atoms with E-state index in [0.717, 1.165) is 43.1 Å². The molecule has 37 heavy (non-hydrogen) atoms. The summed E-state index contributed by atoms with van der Waals surface area (Å²) >= 11 is 0. The van der Waals surface area contributed by atoms with Gasteiger partial charge in [-0.1, -0.05) is 12.1 Å². The molecule has 1 aliphatic heterocycles. The van der Waals surface area contributed by atoms with Crippen LogP contribution in [0.3, 0.4) is 0 Å². The third-order valence-corrected chi connectivity index (χ3v) is 6.71. The Balaban J connectivity index is 1.44. The highest BCUT2D eigenvalue weighted by Crippen LogP contribution is 2.17. The summed E-state index contributed by atoms with van der Waals surface area (Å²) < 4.78 is 23.0. The number of hydrogen-bond donors (Lipinski definition) is 1. The van der Waals surface area contributed by atoms with Gasteiger partial charge in [-0.3, -0.25) is 14.0 Å². The number of amides is 1. The van der Waals surface area contributed by atoms with E-state index in [-0.39, 0.29) is 24.4 Å². The monoisotopic (exact) mass is 512 g/mol. The van der Waals surface area contributed by atoms with E-state index in [4.69, 9.17) is 9.47 Å². The Morgan fingerprint density at radius 2 is 1.59 bits per heavy atom. The maximum absolute atomic E-state index is 12.8. The number of nitrogens with one attached hydrogen (secondary N) is 1. The second-order valence-electron chi connectivity index (χ2n) is 9.72. The van der Waals surface area contributed by atoms with Crippen LogP contribution in [0.25, 0.3) is 0 Å². The molecule has 7 heteroatoms. The maximum Gasteiger partial charge on any atom is 0.220 e. The van der Waals surface area contributed by atoms with Crippen molar-refractivity contribution in [2.75, 3.05) is 40.0 Å². The quantitative estimate of drug-likeness (QED) is 0.227. The minimum Gasteiger partial charge on any atom is -0.497 e. The van der Waals surface area contributed by atoms with Crippen molar-refractivity contribution in [2.24, 2.45) is 0 Å². The fourth-order valence-electron chi connectivity index (χ4n) is 4.62. The highest BCUT2D eigenvalue weighted by molar-refractivity contribution is 5.96. The minimum absolute atomic E-state index is 0.0304. The van der Waals surface area contributed by atoms with Gasteiger partial charge < -0.3 is 19.7 Å². The first-order valence-electron chi connectivity index (χ1n) is 13.5. The molecule has 1 heterocycles. The van der Waals surface area contributed by atoms with E-state index in [1.807, 2.05) is 24.3 Å². The van der Waals surface area contributed by atoms with Crippen molar-refractivity contribution in [3.8, 4) is 11.5 Å². The first-order valence-corrected chi connectivity index (χ1v) is 13.5. The zero-order valence-corrected chi connectivity index (χ0v) is 22.1. The predicted octanol–water partition coefficient (Wildman–Crippen LogP) is 5.39. The van der Waals surface area contributed by atoms with E-state index >= 15 is 0 Å². The van der Waals surface area contributed by atoms with Crippen molar-refractivity contribution in [1.29, 1.82) is 0 Å². The number of likely N-dealkylation sites (tertiary alicyclic amines) is 1. The van der Waals surface area contributed by atoms with Crippen LogP contribution in [0.5, 0.6) is 11.5 Å². The van der Waals surface area contributed by atoms with Gasteiger partial charge in [-0.05, 0) is 100.0 Å². The molecule has 202 valence electrons. The van der Waals surface area contributed by atoms with Gasteiger partial charge in [-0.2, -0.15) is 0 Å². The number of ether oxygens (including phenoxy) is 2. The number of methoxy groups -OCH3 is 1. The Bertz CT molecular complexity index is 943. The number of carbonyl (C=O) groups excluding carboxylic acids is 2. The Kier molecular flexibility index (Phi) is 12.4. The summed E-state index contributed by atoms with van der Waals surface area (Å²) in [5.41, 5.74) is 1.82. The zero-order chi connectivity index (χ0) is 26.3. The molecule has 0 unspecified atom stereocenters. The number of benzene rings is 2. The molecule has 2 aromatic carbocycles. The molecular formula is C30H41FN2O4. The first kappa shape index (κ1) is 28.6. The number of Topliss-reactive ketones (excluding diaryl/α,β-unsaturated/α-hetero) is 1. The molecule has 0 bridgehead atoms. The van der Waals surface area contributed by atoms with Crippen LogP contribution in [0.4, 0.5) is 4.39 Å². The minimum atomic E-state index is -0.311. The highest BCUT2D eigenvalue weighted by Gasteiger charge is 2.20. The fourth-order valence-corrected chi connectivity index (χ4v) is 4.62. The smallest absolute Gasteiger partial charge is 0.220 e. The largest absolute Gasteiger partial charge is 0.497 e. The SMILES string of the molecule is COc1ccc(C(=O)CCCCC(=O)N[C@@H](Cc2ccc(OCCCCF)cc2)CN2CCCC2)cc1. The van der Waals surface area contributed by atoms with Crippen LogP contribution in [-0.4, -0.2) is 62.7 Å². The number of hydrogen-bond acceptors (Lipinski definition) is 5. The number of ketones is 1. The van der Waals surface area contributed by atoms with E-state index in [1.54, 1.807) is 31.4 Å². The lowest BCUT2D eigenvalue weighted by Crippen LogP contribution is -2.44. The number of carbonyl (C=O) groups is 2. The summed E-state index contributed by atoms with van der Waals surface area (Å²) in [6.45, 7) is 3.19. The molecule has 1 atom stereocenters.